The van der Waals surface area contributed by atoms with Crippen LogP contribution in [0.5, 0.6) is 0 Å². The van der Waals surface area contributed by atoms with Crippen molar-refractivity contribution in [2.24, 2.45) is 5.73 Å². The van der Waals surface area contributed by atoms with Crippen LogP contribution in [0, 0.1) is 0 Å². The van der Waals surface area contributed by atoms with E-state index in [-0.39, 0.29) is 12.1 Å². The first-order valence-corrected chi connectivity index (χ1v) is 7.88. The van der Waals surface area contributed by atoms with Crippen molar-refractivity contribution in [3.63, 3.8) is 0 Å². The third kappa shape index (κ3) is 5.04. The van der Waals surface area contributed by atoms with E-state index in [2.05, 4.69) is 10.6 Å². The maximum absolute atomic E-state index is 11.8. The Labute approximate surface area is 133 Å². The van der Waals surface area contributed by atoms with Gasteiger partial charge in [-0.1, -0.05) is 23.7 Å². The summed E-state index contributed by atoms with van der Waals surface area (Å²) in [4.78, 5) is 12.9. The number of amides is 2. The summed E-state index contributed by atoms with van der Waals surface area (Å²) in [6.45, 7) is 2.49. The molecule has 1 aromatic heterocycles. The van der Waals surface area contributed by atoms with E-state index in [1.165, 1.54) is 11.3 Å². The highest BCUT2D eigenvalue weighted by Gasteiger charge is 2.04. The highest BCUT2D eigenvalue weighted by atomic mass is 35.5. The lowest BCUT2D eigenvalue weighted by molar-refractivity contribution is 0.252. The zero-order valence-electron chi connectivity index (χ0n) is 11.7. The van der Waals surface area contributed by atoms with Crippen LogP contribution < -0.4 is 16.4 Å². The molecule has 6 heteroatoms. The number of thiophene rings is 1. The number of benzene rings is 1. The van der Waals surface area contributed by atoms with E-state index in [0.717, 1.165) is 26.9 Å². The van der Waals surface area contributed by atoms with Gasteiger partial charge < -0.3 is 16.4 Å². The number of carbonyl (C=O) groups excluding carboxylic acids is 1. The monoisotopic (exact) mass is 323 g/mol. The second-order valence-electron chi connectivity index (χ2n) is 4.75. The number of rotatable bonds is 5. The fourth-order valence-electron chi connectivity index (χ4n) is 1.83. The van der Waals surface area contributed by atoms with Crippen molar-refractivity contribution < 1.29 is 4.79 Å². The van der Waals surface area contributed by atoms with Crippen molar-refractivity contribution in [3.05, 3.63) is 51.2 Å². The number of anilines is 1. The van der Waals surface area contributed by atoms with Gasteiger partial charge in [-0.2, -0.15) is 0 Å². The van der Waals surface area contributed by atoms with Gasteiger partial charge in [0.2, 0.25) is 0 Å². The van der Waals surface area contributed by atoms with Gasteiger partial charge >= 0.3 is 6.03 Å². The van der Waals surface area contributed by atoms with Gasteiger partial charge in [0.05, 0.1) is 4.34 Å². The standard InChI is InChI=1S/C15H18ClN3OS/c1-10(17)11-2-4-12(5-3-11)19-15(20)18-9-8-13-6-7-14(16)21-13/h2-7,10H,8-9,17H2,1H3,(H2,18,19,20). The number of urea groups is 1. The summed E-state index contributed by atoms with van der Waals surface area (Å²) in [5, 5.41) is 5.60. The zero-order chi connectivity index (χ0) is 15.2. The number of hydrogen-bond donors (Lipinski definition) is 3. The molecule has 0 saturated carbocycles. The number of halogens is 1. The van der Waals surface area contributed by atoms with Gasteiger partial charge in [-0.25, -0.2) is 4.79 Å². The molecule has 1 atom stereocenters. The minimum atomic E-state index is -0.216. The summed E-state index contributed by atoms with van der Waals surface area (Å²) < 4.78 is 0.767. The molecule has 0 saturated heterocycles. The lowest BCUT2D eigenvalue weighted by Crippen LogP contribution is -2.30. The summed E-state index contributed by atoms with van der Waals surface area (Å²) >= 11 is 7.38. The molecule has 4 N–H and O–H groups in total. The van der Waals surface area contributed by atoms with E-state index in [1.807, 2.05) is 43.3 Å². The van der Waals surface area contributed by atoms with Gasteiger partial charge in [0.25, 0.3) is 0 Å². The Balaban J connectivity index is 1.76. The predicted molar refractivity (Wildman–Crippen MR) is 89.1 cm³/mol. The Bertz CT molecular complexity index is 595. The molecule has 0 bridgehead atoms. The van der Waals surface area contributed by atoms with Crippen molar-refractivity contribution >= 4 is 34.7 Å². The second-order valence-corrected chi connectivity index (χ2v) is 6.55. The Morgan fingerprint density at radius 1 is 1.29 bits per heavy atom. The van der Waals surface area contributed by atoms with Gasteiger partial charge in [0.15, 0.2) is 0 Å². The third-order valence-electron chi connectivity index (χ3n) is 2.98. The van der Waals surface area contributed by atoms with E-state index < -0.39 is 0 Å². The molecular formula is C15H18ClN3OS. The van der Waals surface area contributed by atoms with Crippen LogP contribution in [0.15, 0.2) is 36.4 Å². The minimum absolute atomic E-state index is 0.00880. The summed E-state index contributed by atoms with van der Waals surface area (Å²) in [7, 11) is 0. The smallest absolute Gasteiger partial charge is 0.319 e. The lowest BCUT2D eigenvalue weighted by atomic mass is 10.1. The van der Waals surface area contributed by atoms with E-state index in [9.17, 15) is 4.79 Å². The first kappa shape index (κ1) is 15.8. The van der Waals surface area contributed by atoms with Crippen molar-refractivity contribution in [2.45, 2.75) is 19.4 Å². The van der Waals surface area contributed by atoms with Crippen LogP contribution in [0.2, 0.25) is 4.34 Å². The number of carbonyl (C=O) groups is 1. The fraction of sp³-hybridized carbons (Fsp3) is 0.267. The highest BCUT2D eigenvalue weighted by molar-refractivity contribution is 7.16. The number of nitrogens with two attached hydrogens (primary N) is 1. The number of nitrogens with one attached hydrogen (secondary N) is 2. The van der Waals surface area contributed by atoms with Crippen LogP contribution in [-0.2, 0) is 6.42 Å². The van der Waals surface area contributed by atoms with Gasteiger partial charge in [0.1, 0.15) is 0 Å². The van der Waals surface area contributed by atoms with Crippen molar-refractivity contribution in [3.8, 4) is 0 Å². The van der Waals surface area contributed by atoms with Crippen molar-refractivity contribution in [1.29, 1.82) is 0 Å². The molecular weight excluding hydrogens is 306 g/mol. The molecule has 1 unspecified atom stereocenters. The first-order chi connectivity index (χ1) is 10.0. The van der Waals surface area contributed by atoms with E-state index >= 15 is 0 Å². The molecule has 21 heavy (non-hydrogen) atoms. The zero-order valence-corrected chi connectivity index (χ0v) is 13.3. The molecule has 112 valence electrons. The maximum atomic E-state index is 11.8. The van der Waals surface area contributed by atoms with Crippen molar-refractivity contribution in [2.75, 3.05) is 11.9 Å². The van der Waals surface area contributed by atoms with E-state index in [0.29, 0.717) is 6.54 Å². The Kier molecular flexibility index (Phi) is 5.61. The maximum Gasteiger partial charge on any atom is 0.319 e. The normalized spacial score (nSPS) is 12.0. The molecule has 2 amide bonds. The second kappa shape index (κ2) is 7.45. The molecule has 2 rings (SSSR count). The summed E-state index contributed by atoms with van der Waals surface area (Å²) in [6, 6.07) is 11.1. The highest BCUT2D eigenvalue weighted by Crippen LogP contribution is 2.21. The molecule has 0 fully saturated rings. The molecule has 0 radical (unpaired) electrons. The van der Waals surface area contributed by atoms with Gasteiger partial charge in [-0.3, -0.25) is 0 Å². The van der Waals surface area contributed by atoms with Crippen molar-refractivity contribution in [1.82, 2.24) is 5.32 Å². The molecule has 0 aliphatic heterocycles. The van der Waals surface area contributed by atoms with E-state index in [1.54, 1.807) is 0 Å². The van der Waals surface area contributed by atoms with Crippen LogP contribution in [-0.4, -0.2) is 12.6 Å². The van der Waals surface area contributed by atoms with Gasteiger partial charge in [-0.05, 0) is 43.2 Å². The Hall–Kier alpha value is -1.56. The Morgan fingerprint density at radius 3 is 2.57 bits per heavy atom. The topological polar surface area (TPSA) is 67.1 Å². The quantitative estimate of drug-likeness (QED) is 0.783. The minimum Gasteiger partial charge on any atom is -0.338 e. The van der Waals surface area contributed by atoms with Crippen LogP contribution >= 0.6 is 22.9 Å². The Morgan fingerprint density at radius 2 is 2.00 bits per heavy atom. The largest absolute Gasteiger partial charge is 0.338 e. The van der Waals surface area contributed by atoms with Gasteiger partial charge in [0, 0.05) is 23.2 Å². The van der Waals surface area contributed by atoms with E-state index in [4.69, 9.17) is 17.3 Å². The summed E-state index contributed by atoms with van der Waals surface area (Å²) in [5.41, 5.74) is 7.56. The van der Waals surface area contributed by atoms with Crippen LogP contribution in [0.4, 0.5) is 10.5 Å². The predicted octanol–water partition coefficient (Wildman–Crippen LogP) is 3.79. The molecule has 0 spiro atoms. The molecule has 1 heterocycles. The molecule has 4 nitrogen and oxygen atoms in total. The molecule has 0 aliphatic rings. The molecule has 1 aromatic carbocycles. The average molecular weight is 324 g/mol. The number of hydrogen-bond acceptors (Lipinski definition) is 3. The fourth-order valence-corrected chi connectivity index (χ4v) is 2.92. The SMILES string of the molecule is CC(N)c1ccc(NC(=O)NCCc2ccc(Cl)s2)cc1. The summed E-state index contributed by atoms with van der Waals surface area (Å²) in [5.74, 6) is 0. The molecule has 0 aliphatic carbocycles. The average Bonchev–Trinajstić information content (AvgIpc) is 2.85. The third-order valence-corrected chi connectivity index (χ3v) is 4.27. The van der Waals surface area contributed by atoms with Crippen LogP contribution in [0.3, 0.4) is 0 Å². The van der Waals surface area contributed by atoms with Crippen LogP contribution in [0.1, 0.15) is 23.4 Å². The van der Waals surface area contributed by atoms with Gasteiger partial charge in [-0.15, -0.1) is 11.3 Å². The van der Waals surface area contributed by atoms with Crippen LogP contribution in [0.25, 0.3) is 0 Å². The summed E-state index contributed by atoms with van der Waals surface area (Å²) in [6.07, 6.45) is 0.772. The lowest BCUT2D eigenvalue weighted by Gasteiger charge is -2.09. The molecule has 2 aromatic rings. The first-order valence-electron chi connectivity index (χ1n) is 6.69.